The summed E-state index contributed by atoms with van der Waals surface area (Å²) in [5, 5.41) is 9.91. The van der Waals surface area contributed by atoms with Gasteiger partial charge < -0.3 is 5.11 Å². The van der Waals surface area contributed by atoms with Crippen LogP contribution in [0.3, 0.4) is 0 Å². The molecular weight excluding hydrogens is 283 g/mol. The van der Waals surface area contributed by atoms with Crippen LogP contribution in [0.5, 0.6) is 0 Å². The summed E-state index contributed by atoms with van der Waals surface area (Å²) in [6.07, 6.45) is 1.46. The number of rotatable bonds is 1. The van der Waals surface area contributed by atoms with Gasteiger partial charge in [0.2, 0.25) is 0 Å². The quantitative estimate of drug-likeness (QED) is 0.744. The highest BCUT2D eigenvalue weighted by Gasteiger charge is 2.15. The molecule has 0 atom stereocenters. The van der Waals surface area contributed by atoms with E-state index in [1.807, 2.05) is 0 Å². The molecule has 0 bridgehead atoms. The molecule has 7 heteroatoms. The molecule has 1 N–H and O–H groups in total. The summed E-state index contributed by atoms with van der Waals surface area (Å²) >= 11 is 13.3. The molecule has 0 aliphatic heterocycles. The summed E-state index contributed by atoms with van der Waals surface area (Å²) in [4.78, 5) is 15.4. The van der Waals surface area contributed by atoms with Crippen LogP contribution < -0.4 is 0 Å². The highest BCUT2D eigenvalue weighted by molar-refractivity contribution is 7.24. The van der Waals surface area contributed by atoms with Gasteiger partial charge in [-0.15, -0.1) is 0 Å². The fourth-order valence-electron chi connectivity index (χ4n) is 1.63. The van der Waals surface area contributed by atoms with Crippen molar-refractivity contribution in [1.29, 1.82) is 0 Å². The van der Waals surface area contributed by atoms with Gasteiger partial charge in [-0.2, -0.15) is 0 Å². The Hall–Kier alpha value is -1.30. The first-order valence-electron chi connectivity index (χ1n) is 4.56. The topological polar surface area (TPSA) is 54.6 Å². The van der Waals surface area contributed by atoms with E-state index in [-0.39, 0.29) is 5.69 Å². The number of thiazole rings is 1. The van der Waals surface area contributed by atoms with E-state index in [1.165, 1.54) is 17.5 Å². The number of hydrogen-bond acceptors (Lipinski definition) is 3. The molecule has 0 unspecified atom stereocenters. The summed E-state index contributed by atoms with van der Waals surface area (Å²) in [7, 11) is 0. The summed E-state index contributed by atoms with van der Waals surface area (Å²) in [6, 6.07) is 3.39. The van der Waals surface area contributed by atoms with Crippen LogP contribution in [-0.4, -0.2) is 20.5 Å². The van der Waals surface area contributed by atoms with Gasteiger partial charge >= 0.3 is 5.97 Å². The van der Waals surface area contributed by atoms with Crippen molar-refractivity contribution in [3.63, 3.8) is 0 Å². The van der Waals surface area contributed by atoms with Crippen LogP contribution in [0.25, 0.3) is 15.2 Å². The predicted molar refractivity (Wildman–Crippen MR) is 67.6 cm³/mol. The molecule has 0 radical (unpaired) electrons. The number of carbonyl (C=O) groups is 1. The Morgan fingerprint density at radius 3 is 2.88 bits per heavy atom. The summed E-state index contributed by atoms with van der Waals surface area (Å²) < 4.78 is 2.52. The Morgan fingerprint density at radius 2 is 2.18 bits per heavy atom. The van der Waals surface area contributed by atoms with Gasteiger partial charge in [0.15, 0.2) is 10.7 Å². The van der Waals surface area contributed by atoms with Crippen LogP contribution in [0.2, 0.25) is 10.0 Å². The Bertz CT molecular complexity index is 762. The van der Waals surface area contributed by atoms with Crippen LogP contribution in [0.15, 0.2) is 18.3 Å². The van der Waals surface area contributed by atoms with Crippen molar-refractivity contribution in [3.8, 4) is 0 Å². The van der Waals surface area contributed by atoms with Crippen molar-refractivity contribution in [2.24, 2.45) is 0 Å². The van der Waals surface area contributed by atoms with Crippen molar-refractivity contribution in [3.05, 3.63) is 34.1 Å². The first kappa shape index (κ1) is 10.8. The lowest BCUT2D eigenvalue weighted by Gasteiger charge is -1.95. The minimum absolute atomic E-state index is 0.00856. The molecule has 0 saturated carbocycles. The second kappa shape index (κ2) is 3.60. The number of carboxylic acids is 1. The van der Waals surface area contributed by atoms with Crippen LogP contribution in [-0.2, 0) is 0 Å². The minimum atomic E-state index is -1.05. The molecular formula is C10H4Cl2N2O2S. The minimum Gasteiger partial charge on any atom is -0.476 e. The third-order valence-electron chi connectivity index (χ3n) is 2.33. The summed E-state index contributed by atoms with van der Waals surface area (Å²) in [5.74, 6) is -1.05. The normalized spacial score (nSPS) is 11.4. The van der Waals surface area contributed by atoms with Gasteiger partial charge in [-0.25, -0.2) is 9.78 Å². The Labute approximate surface area is 109 Å². The zero-order valence-electron chi connectivity index (χ0n) is 8.15. The lowest BCUT2D eigenvalue weighted by molar-refractivity contribution is 0.0691. The van der Waals surface area contributed by atoms with Crippen molar-refractivity contribution in [2.75, 3.05) is 0 Å². The van der Waals surface area contributed by atoms with E-state index in [2.05, 4.69) is 4.98 Å². The Morgan fingerprint density at radius 1 is 1.41 bits per heavy atom. The van der Waals surface area contributed by atoms with Crippen LogP contribution in [0.1, 0.15) is 10.5 Å². The van der Waals surface area contributed by atoms with Gasteiger partial charge in [-0.1, -0.05) is 34.5 Å². The van der Waals surface area contributed by atoms with E-state index in [0.717, 1.165) is 10.2 Å². The molecule has 0 aliphatic rings. The molecule has 3 aromatic rings. The number of nitrogens with zero attached hydrogens (tertiary/aromatic N) is 2. The van der Waals surface area contributed by atoms with Gasteiger partial charge in [0.05, 0.1) is 15.2 Å². The zero-order valence-corrected chi connectivity index (χ0v) is 10.5. The van der Waals surface area contributed by atoms with Crippen LogP contribution >= 0.6 is 34.5 Å². The molecule has 0 fully saturated rings. The fraction of sp³-hybridized carbons (Fsp3) is 0. The number of carboxylic acid groups (broad SMARTS) is 1. The van der Waals surface area contributed by atoms with E-state index < -0.39 is 5.97 Å². The first-order valence-corrected chi connectivity index (χ1v) is 6.13. The van der Waals surface area contributed by atoms with Gasteiger partial charge in [-0.3, -0.25) is 4.40 Å². The number of aromatic carboxylic acids is 1. The van der Waals surface area contributed by atoms with Crippen molar-refractivity contribution in [2.45, 2.75) is 0 Å². The second-order valence-electron chi connectivity index (χ2n) is 3.42. The number of benzene rings is 1. The Balaban J connectivity index is 2.44. The maximum absolute atomic E-state index is 10.8. The van der Waals surface area contributed by atoms with Gasteiger partial charge in [0.1, 0.15) is 0 Å². The predicted octanol–water partition coefficient (Wildman–Crippen LogP) is 3.55. The van der Waals surface area contributed by atoms with Crippen LogP contribution in [0, 0.1) is 0 Å². The van der Waals surface area contributed by atoms with Crippen molar-refractivity contribution in [1.82, 2.24) is 9.38 Å². The number of hydrogen-bond donors (Lipinski definition) is 1. The van der Waals surface area contributed by atoms with Gasteiger partial charge in [0, 0.05) is 11.2 Å². The van der Waals surface area contributed by atoms with E-state index in [9.17, 15) is 4.79 Å². The van der Waals surface area contributed by atoms with E-state index in [0.29, 0.717) is 15.0 Å². The Kier molecular flexibility index (Phi) is 2.29. The fourth-order valence-corrected chi connectivity index (χ4v) is 3.22. The van der Waals surface area contributed by atoms with Crippen molar-refractivity contribution >= 4 is 55.7 Å². The lowest BCUT2D eigenvalue weighted by atomic mass is 10.3. The van der Waals surface area contributed by atoms with E-state index >= 15 is 0 Å². The number of fused-ring (bicyclic) bond motifs is 3. The maximum Gasteiger partial charge on any atom is 0.356 e. The second-order valence-corrected chi connectivity index (χ2v) is 5.24. The molecule has 17 heavy (non-hydrogen) atoms. The molecule has 0 aliphatic carbocycles. The molecule has 0 saturated heterocycles. The largest absolute Gasteiger partial charge is 0.476 e. The average molecular weight is 287 g/mol. The third-order valence-corrected chi connectivity index (χ3v) is 4.07. The molecule has 3 rings (SSSR count). The third kappa shape index (κ3) is 1.58. The average Bonchev–Trinajstić information content (AvgIpc) is 2.76. The highest BCUT2D eigenvalue weighted by Crippen LogP contribution is 2.34. The van der Waals surface area contributed by atoms with E-state index in [4.69, 9.17) is 28.3 Å². The summed E-state index contributed by atoms with van der Waals surface area (Å²) in [6.45, 7) is 0. The smallest absolute Gasteiger partial charge is 0.356 e. The first-order chi connectivity index (χ1) is 8.06. The molecule has 0 amide bonds. The standard InChI is InChI=1S/C10H4Cl2N2O2S/c11-4-1-5(12)8-7(2-4)14-3-6(9(15)16)13-10(14)17-8/h1-3H,(H,15,16). The lowest BCUT2D eigenvalue weighted by Crippen LogP contribution is -1.95. The number of imidazole rings is 1. The number of halogens is 2. The molecule has 0 spiro atoms. The monoisotopic (exact) mass is 286 g/mol. The van der Waals surface area contributed by atoms with Gasteiger partial charge in [-0.05, 0) is 12.1 Å². The molecule has 4 nitrogen and oxygen atoms in total. The molecule has 86 valence electrons. The summed E-state index contributed by atoms with van der Waals surface area (Å²) in [5.41, 5.74) is 0.775. The van der Waals surface area contributed by atoms with Crippen LogP contribution in [0.4, 0.5) is 0 Å². The SMILES string of the molecule is O=C(O)c1cn2c(n1)sc1c(Cl)cc(Cl)cc12. The zero-order chi connectivity index (χ0) is 12.2. The van der Waals surface area contributed by atoms with Crippen molar-refractivity contribution < 1.29 is 9.90 Å². The maximum atomic E-state index is 10.8. The molecule has 2 heterocycles. The number of aromatic nitrogens is 2. The van der Waals surface area contributed by atoms with Gasteiger partial charge in [0.25, 0.3) is 0 Å². The molecule has 1 aromatic carbocycles. The molecule has 2 aromatic heterocycles. The highest BCUT2D eigenvalue weighted by atomic mass is 35.5. The van der Waals surface area contributed by atoms with E-state index in [1.54, 1.807) is 16.5 Å².